The largest absolute Gasteiger partial charge is 0.497 e. The maximum atomic E-state index is 12.3. The first kappa shape index (κ1) is 19.5. The SMILES string of the molecule is COc1ccc(CCNC(=O)N[C@H]2CC(=O)N(c3ccc(OC)cc3)C2)cc1. The Balaban J connectivity index is 1.44. The molecule has 7 nitrogen and oxygen atoms in total. The van der Waals surface area contributed by atoms with E-state index in [9.17, 15) is 9.59 Å². The molecule has 1 aliphatic rings. The van der Waals surface area contributed by atoms with Crippen molar-refractivity contribution in [3.8, 4) is 11.5 Å². The molecule has 1 saturated heterocycles. The van der Waals surface area contributed by atoms with Gasteiger partial charge in [0.05, 0.1) is 20.3 Å². The Morgan fingerprint density at radius 1 is 1.04 bits per heavy atom. The third-order valence-corrected chi connectivity index (χ3v) is 4.70. The predicted octanol–water partition coefficient (Wildman–Crippen LogP) is 2.35. The third-order valence-electron chi connectivity index (χ3n) is 4.70. The number of anilines is 1. The number of carbonyl (C=O) groups is 2. The summed E-state index contributed by atoms with van der Waals surface area (Å²) in [4.78, 5) is 26.1. The summed E-state index contributed by atoms with van der Waals surface area (Å²) in [5.41, 5.74) is 1.91. The van der Waals surface area contributed by atoms with Gasteiger partial charge in [0, 0.05) is 25.2 Å². The maximum absolute atomic E-state index is 12.3. The number of nitrogens with zero attached hydrogens (tertiary/aromatic N) is 1. The van der Waals surface area contributed by atoms with Gasteiger partial charge in [0.25, 0.3) is 0 Å². The summed E-state index contributed by atoms with van der Waals surface area (Å²) < 4.78 is 10.3. The molecule has 1 aliphatic heterocycles. The third kappa shape index (κ3) is 4.94. The van der Waals surface area contributed by atoms with Gasteiger partial charge < -0.3 is 25.0 Å². The molecular weight excluding hydrogens is 358 g/mol. The second kappa shape index (κ2) is 9.12. The molecule has 7 heteroatoms. The molecule has 1 heterocycles. The zero-order valence-electron chi connectivity index (χ0n) is 16.1. The van der Waals surface area contributed by atoms with Crippen LogP contribution >= 0.6 is 0 Å². The molecule has 0 bridgehead atoms. The van der Waals surface area contributed by atoms with E-state index in [4.69, 9.17) is 9.47 Å². The first-order chi connectivity index (χ1) is 13.6. The van der Waals surface area contributed by atoms with Crippen molar-refractivity contribution in [3.05, 3.63) is 54.1 Å². The highest BCUT2D eigenvalue weighted by Crippen LogP contribution is 2.24. The average Bonchev–Trinajstić information content (AvgIpc) is 3.08. The van der Waals surface area contributed by atoms with Crippen molar-refractivity contribution in [2.24, 2.45) is 0 Å². The molecule has 148 valence electrons. The Labute approximate surface area is 164 Å². The smallest absolute Gasteiger partial charge is 0.315 e. The van der Waals surface area contributed by atoms with Gasteiger partial charge in [-0.3, -0.25) is 4.79 Å². The maximum Gasteiger partial charge on any atom is 0.315 e. The van der Waals surface area contributed by atoms with E-state index in [0.29, 0.717) is 13.1 Å². The fraction of sp³-hybridized carbons (Fsp3) is 0.333. The molecule has 2 N–H and O–H groups in total. The number of rotatable bonds is 7. The standard InChI is InChI=1S/C21H25N3O4/c1-27-18-7-3-15(4-8-18)11-12-22-21(26)23-16-13-20(25)24(14-16)17-5-9-19(28-2)10-6-17/h3-10,16H,11-14H2,1-2H3,(H2,22,23,26)/t16-/m0/s1. The van der Waals surface area contributed by atoms with E-state index >= 15 is 0 Å². The molecule has 0 unspecified atom stereocenters. The number of amides is 3. The zero-order valence-corrected chi connectivity index (χ0v) is 16.1. The highest BCUT2D eigenvalue weighted by atomic mass is 16.5. The monoisotopic (exact) mass is 383 g/mol. The average molecular weight is 383 g/mol. The van der Waals surface area contributed by atoms with Crippen LogP contribution in [0.15, 0.2) is 48.5 Å². The second-order valence-corrected chi connectivity index (χ2v) is 6.60. The van der Waals surface area contributed by atoms with Crippen molar-refractivity contribution in [3.63, 3.8) is 0 Å². The fourth-order valence-corrected chi connectivity index (χ4v) is 3.16. The molecule has 0 radical (unpaired) electrons. The molecule has 0 aliphatic carbocycles. The normalized spacial score (nSPS) is 16.0. The van der Waals surface area contributed by atoms with Crippen LogP contribution in [0.1, 0.15) is 12.0 Å². The van der Waals surface area contributed by atoms with E-state index in [1.54, 1.807) is 19.1 Å². The van der Waals surface area contributed by atoms with Crippen LogP contribution in [0.3, 0.4) is 0 Å². The number of hydrogen-bond donors (Lipinski definition) is 2. The van der Waals surface area contributed by atoms with Crippen LogP contribution in [0.4, 0.5) is 10.5 Å². The quantitative estimate of drug-likeness (QED) is 0.769. The fourth-order valence-electron chi connectivity index (χ4n) is 3.16. The predicted molar refractivity (Wildman–Crippen MR) is 107 cm³/mol. The Hall–Kier alpha value is -3.22. The highest BCUT2D eigenvalue weighted by Gasteiger charge is 2.31. The summed E-state index contributed by atoms with van der Waals surface area (Å²) in [5.74, 6) is 1.54. The lowest BCUT2D eigenvalue weighted by molar-refractivity contribution is -0.117. The van der Waals surface area contributed by atoms with Gasteiger partial charge in [-0.05, 0) is 48.4 Å². The van der Waals surface area contributed by atoms with E-state index in [1.807, 2.05) is 48.5 Å². The Morgan fingerprint density at radius 3 is 2.25 bits per heavy atom. The van der Waals surface area contributed by atoms with Gasteiger partial charge >= 0.3 is 6.03 Å². The number of methoxy groups -OCH3 is 2. The molecule has 0 aromatic heterocycles. The van der Waals surface area contributed by atoms with Crippen molar-refractivity contribution in [1.82, 2.24) is 10.6 Å². The van der Waals surface area contributed by atoms with E-state index in [1.165, 1.54) is 0 Å². The second-order valence-electron chi connectivity index (χ2n) is 6.60. The van der Waals surface area contributed by atoms with E-state index in [-0.39, 0.29) is 24.4 Å². The van der Waals surface area contributed by atoms with Gasteiger partial charge in [-0.1, -0.05) is 12.1 Å². The summed E-state index contributed by atoms with van der Waals surface area (Å²) in [7, 11) is 3.23. The van der Waals surface area contributed by atoms with Gasteiger partial charge in [-0.2, -0.15) is 0 Å². The number of urea groups is 1. The molecular formula is C21H25N3O4. The summed E-state index contributed by atoms with van der Waals surface area (Å²) in [6.45, 7) is 0.970. The van der Waals surface area contributed by atoms with Crippen molar-refractivity contribution < 1.29 is 19.1 Å². The van der Waals surface area contributed by atoms with Crippen molar-refractivity contribution in [2.75, 3.05) is 32.2 Å². The molecule has 0 spiro atoms. The van der Waals surface area contributed by atoms with Crippen LogP contribution in [-0.4, -0.2) is 45.3 Å². The first-order valence-electron chi connectivity index (χ1n) is 9.21. The van der Waals surface area contributed by atoms with E-state index < -0.39 is 0 Å². The molecule has 3 amide bonds. The molecule has 28 heavy (non-hydrogen) atoms. The van der Waals surface area contributed by atoms with Crippen LogP contribution < -0.4 is 25.0 Å². The van der Waals surface area contributed by atoms with Crippen molar-refractivity contribution in [2.45, 2.75) is 18.9 Å². The van der Waals surface area contributed by atoms with Crippen molar-refractivity contribution in [1.29, 1.82) is 0 Å². The number of hydrogen-bond acceptors (Lipinski definition) is 4. The number of carbonyl (C=O) groups excluding carboxylic acids is 2. The van der Waals surface area contributed by atoms with Crippen LogP contribution in [0, 0.1) is 0 Å². The van der Waals surface area contributed by atoms with Crippen LogP contribution in [-0.2, 0) is 11.2 Å². The molecule has 1 atom stereocenters. The van der Waals surface area contributed by atoms with Gasteiger partial charge in [0.15, 0.2) is 0 Å². The van der Waals surface area contributed by atoms with Crippen molar-refractivity contribution >= 4 is 17.6 Å². The van der Waals surface area contributed by atoms with E-state index in [0.717, 1.165) is 29.2 Å². The Morgan fingerprint density at radius 2 is 1.64 bits per heavy atom. The number of nitrogens with one attached hydrogen (secondary N) is 2. The van der Waals surface area contributed by atoms with Crippen LogP contribution in [0.5, 0.6) is 11.5 Å². The molecule has 2 aromatic carbocycles. The minimum Gasteiger partial charge on any atom is -0.497 e. The molecule has 3 rings (SSSR count). The summed E-state index contributed by atoms with van der Waals surface area (Å²) in [6, 6.07) is 14.6. The Bertz CT molecular complexity index is 805. The van der Waals surface area contributed by atoms with Crippen LogP contribution in [0.25, 0.3) is 0 Å². The lowest BCUT2D eigenvalue weighted by Gasteiger charge is -2.17. The lowest BCUT2D eigenvalue weighted by Crippen LogP contribution is -2.43. The first-order valence-corrected chi connectivity index (χ1v) is 9.21. The summed E-state index contributed by atoms with van der Waals surface area (Å²) in [5, 5.41) is 5.72. The van der Waals surface area contributed by atoms with E-state index in [2.05, 4.69) is 10.6 Å². The van der Waals surface area contributed by atoms with Gasteiger partial charge in [0.1, 0.15) is 11.5 Å². The minimum atomic E-state index is -0.261. The number of benzene rings is 2. The zero-order chi connectivity index (χ0) is 19.9. The van der Waals surface area contributed by atoms with Crippen LogP contribution in [0.2, 0.25) is 0 Å². The molecule has 1 fully saturated rings. The topological polar surface area (TPSA) is 79.9 Å². The Kier molecular flexibility index (Phi) is 6.37. The minimum absolute atomic E-state index is 0.00583. The highest BCUT2D eigenvalue weighted by molar-refractivity contribution is 5.96. The van der Waals surface area contributed by atoms with Gasteiger partial charge in [-0.25, -0.2) is 4.79 Å². The summed E-state index contributed by atoms with van der Waals surface area (Å²) in [6.07, 6.45) is 1.01. The molecule has 0 saturated carbocycles. The lowest BCUT2D eigenvalue weighted by atomic mass is 10.1. The van der Waals surface area contributed by atoms with Gasteiger partial charge in [-0.15, -0.1) is 0 Å². The van der Waals surface area contributed by atoms with Gasteiger partial charge in [0.2, 0.25) is 5.91 Å². The number of ether oxygens (including phenoxy) is 2. The summed E-state index contributed by atoms with van der Waals surface area (Å²) >= 11 is 0. The molecule has 2 aromatic rings.